The van der Waals surface area contributed by atoms with E-state index >= 15 is 0 Å². The Labute approximate surface area is 178 Å². The van der Waals surface area contributed by atoms with E-state index in [-0.39, 0.29) is 19.1 Å². The summed E-state index contributed by atoms with van der Waals surface area (Å²) in [6, 6.07) is 9.53. The minimum absolute atomic E-state index is 0.0934. The Kier molecular flexibility index (Phi) is 8.43. The fourth-order valence-corrected chi connectivity index (χ4v) is 3.00. The first kappa shape index (κ1) is 24.6. The number of alkyl halides is 3. The zero-order chi connectivity index (χ0) is 23.2. The molecule has 2 atom stereocenters. The summed E-state index contributed by atoms with van der Waals surface area (Å²) in [7, 11) is 1.43. The van der Waals surface area contributed by atoms with Crippen LogP contribution in [0.4, 0.5) is 13.2 Å². The van der Waals surface area contributed by atoms with Crippen LogP contribution < -0.4 is 10.1 Å². The number of ether oxygens (including phenoxy) is 2. The minimum atomic E-state index is -4.41. The SMILES string of the molecule is COc1ccc(CC(OC(C)C)C(=O)O)cc1C(O)NCc1ccc(C(F)(F)F)cc1. The Morgan fingerprint density at radius 1 is 1.10 bits per heavy atom. The second-order valence-electron chi connectivity index (χ2n) is 7.27. The maximum Gasteiger partial charge on any atom is 0.416 e. The van der Waals surface area contributed by atoms with E-state index in [1.165, 1.54) is 19.2 Å². The highest BCUT2D eigenvalue weighted by Gasteiger charge is 2.30. The van der Waals surface area contributed by atoms with Crippen molar-refractivity contribution in [3.8, 4) is 5.75 Å². The average molecular weight is 441 g/mol. The lowest BCUT2D eigenvalue weighted by Crippen LogP contribution is -2.29. The number of methoxy groups -OCH3 is 1. The molecule has 0 amide bonds. The first-order chi connectivity index (χ1) is 14.5. The minimum Gasteiger partial charge on any atom is -0.496 e. The molecule has 0 bridgehead atoms. The van der Waals surface area contributed by atoms with Gasteiger partial charge in [-0.05, 0) is 49.2 Å². The first-order valence-electron chi connectivity index (χ1n) is 9.64. The molecule has 2 aromatic rings. The van der Waals surface area contributed by atoms with Gasteiger partial charge in [-0.3, -0.25) is 5.32 Å². The molecular weight excluding hydrogens is 415 g/mol. The molecular formula is C22H26F3NO5. The molecule has 0 aliphatic carbocycles. The molecule has 2 unspecified atom stereocenters. The van der Waals surface area contributed by atoms with Gasteiger partial charge in [0.25, 0.3) is 0 Å². The van der Waals surface area contributed by atoms with Crippen molar-refractivity contribution >= 4 is 5.97 Å². The lowest BCUT2D eigenvalue weighted by atomic mass is 10.0. The van der Waals surface area contributed by atoms with Gasteiger partial charge in [-0.25, -0.2) is 4.79 Å². The molecule has 2 rings (SSSR count). The number of benzene rings is 2. The summed E-state index contributed by atoms with van der Waals surface area (Å²) in [5.74, 6) is -0.708. The van der Waals surface area contributed by atoms with Crippen LogP contribution >= 0.6 is 0 Å². The number of aliphatic carboxylic acids is 1. The summed E-state index contributed by atoms with van der Waals surface area (Å²) in [5.41, 5.74) is 0.807. The van der Waals surface area contributed by atoms with E-state index in [9.17, 15) is 28.2 Å². The van der Waals surface area contributed by atoms with E-state index < -0.39 is 30.0 Å². The molecule has 31 heavy (non-hydrogen) atoms. The van der Waals surface area contributed by atoms with Gasteiger partial charge in [-0.1, -0.05) is 18.2 Å². The normalized spacial score (nSPS) is 13.8. The number of carboxylic acids is 1. The van der Waals surface area contributed by atoms with Gasteiger partial charge >= 0.3 is 12.1 Å². The maximum absolute atomic E-state index is 12.7. The Balaban J connectivity index is 2.12. The smallest absolute Gasteiger partial charge is 0.416 e. The Hall–Kier alpha value is -2.62. The number of hydrogen-bond donors (Lipinski definition) is 3. The number of rotatable bonds is 10. The monoisotopic (exact) mass is 441 g/mol. The number of aliphatic hydroxyl groups excluding tert-OH is 1. The summed E-state index contributed by atoms with van der Waals surface area (Å²) in [6.07, 6.45) is -6.82. The maximum atomic E-state index is 12.7. The van der Waals surface area contributed by atoms with E-state index in [4.69, 9.17) is 9.47 Å². The summed E-state index contributed by atoms with van der Waals surface area (Å²) in [5, 5.41) is 22.8. The Bertz CT molecular complexity index is 868. The Morgan fingerprint density at radius 2 is 1.71 bits per heavy atom. The zero-order valence-corrected chi connectivity index (χ0v) is 17.4. The lowest BCUT2D eigenvalue weighted by Gasteiger charge is -2.20. The van der Waals surface area contributed by atoms with Crippen LogP contribution in [0, 0.1) is 0 Å². The number of aliphatic hydroxyl groups is 1. The van der Waals surface area contributed by atoms with Gasteiger partial charge < -0.3 is 19.7 Å². The molecule has 0 aliphatic heterocycles. The molecule has 170 valence electrons. The van der Waals surface area contributed by atoms with Crippen LogP contribution in [-0.4, -0.2) is 35.5 Å². The summed E-state index contributed by atoms with van der Waals surface area (Å²) < 4.78 is 48.7. The van der Waals surface area contributed by atoms with E-state index in [1.54, 1.807) is 32.0 Å². The van der Waals surface area contributed by atoms with Crippen molar-refractivity contribution in [2.75, 3.05) is 7.11 Å². The van der Waals surface area contributed by atoms with Gasteiger partial charge in [0.2, 0.25) is 0 Å². The molecule has 0 aliphatic rings. The number of halogens is 3. The molecule has 0 heterocycles. The standard InChI is InChI=1S/C22H26F3NO5/c1-13(2)31-19(21(28)29)11-15-6-9-18(30-3)17(10-15)20(27)26-12-14-4-7-16(8-5-14)22(23,24)25/h4-10,13,19-20,26-27H,11-12H2,1-3H3,(H,28,29). The van der Waals surface area contributed by atoms with Crippen molar-refractivity contribution in [3.63, 3.8) is 0 Å². The predicted octanol–water partition coefficient (Wildman–Crippen LogP) is 3.92. The van der Waals surface area contributed by atoms with Crippen molar-refractivity contribution < 1.29 is 37.7 Å². The highest BCUT2D eigenvalue weighted by Crippen LogP contribution is 2.29. The number of hydrogen-bond acceptors (Lipinski definition) is 5. The lowest BCUT2D eigenvalue weighted by molar-refractivity contribution is -0.153. The van der Waals surface area contributed by atoms with Gasteiger partial charge in [-0.2, -0.15) is 13.2 Å². The van der Waals surface area contributed by atoms with Gasteiger partial charge in [0.15, 0.2) is 6.10 Å². The van der Waals surface area contributed by atoms with Crippen LogP contribution in [0.5, 0.6) is 5.75 Å². The van der Waals surface area contributed by atoms with Crippen molar-refractivity contribution in [2.24, 2.45) is 0 Å². The second-order valence-corrected chi connectivity index (χ2v) is 7.27. The average Bonchev–Trinajstić information content (AvgIpc) is 2.70. The third kappa shape index (κ3) is 7.23. The molecule has 0 spiro atoms. The fourth-order valence-electron chi connectivity index (χ4n) is 3.00. The first-order valence-corrected chi connectivity index (χ1v) is 9.64. The molecule has 0 fully saturated rings. The number of carbonyl (C=O) groups is 1. The molecule has 0 radical (unpaired) electrons. The van der Waals surface area contributed by atoms with Gasteiger partial charge in [0, 0.05) is 18.5 Å². The van der Waals surface area contributed by atoms with Crippen molar-refractivity contribution in [2.45, 2.75) is 51.4 Å². The van der Waals surface area contributed by atoms with E-state index in [0.29, 0.717) is 22.4 Å². The molecule has 9 heteroatoms. The molecule has 0 aromatic heterocycles. The van der Waals surface area contributed by atoms with Crippen LogP contribution in [0.15, 0.2) is 42.5 Å². The Morgan fingerprint density at radius 3 is 2.23 bits per heavy atom. The van der Waals surface area contributed by atoms with E-state index in [0.717, 1.165) is 12.1 Å². The van der Waals surface area contributed by atoms with Crippen LogP contribution in [-0.2, 0) is 28.7 Å². The highest BCUT2D eigenvalue weighted by molar-refractivity contribution is 5.72. The van der Waals surface area contributed by atoms with Crippen LogP contribution in [0.3, 0.4) is 0 Å². The van der Waals surface area contributed by atoms with Gasteiger partial charge in [-0.15, -0.1) is 0 Å². The van der Waals surface area contributed by atoms with Crippen molar-refractivity contribution in [1.29, 1.82) is 0 Å². The molecule has 6 nitrogen and oxygen atoms in total. The summed E-state index contributed by atoms with van der Waals surface area (Å²) in [6.45, 7) is 3.59. The molecule has 0 saturated carbocycles. The highest BCUT2D eigenvalue weighted by atomic mass is 19.4. The van der Waals surface area contributed by atoms with Gasteiger partial charge in [0.05, 0.1) is 18.8 Å². The molecule has 2 aromatic carbocycles. The van der Waals surface area contributed by atoms with Crippen molar-refractivity contribution in [3.05, 3.63) is 64.7 Å². The zero-order valence-electron chi connectivity index (χ0n) is 17.4. The largest absolute Gasteiger partial charge is 0.496 e. The van der Waals surface area contributed by atoms with Gasteiger partial charge in [0.1, 0.15) is 12.0 Å². The number of nitrogens with one attached hydrogen (secondary N) is 1. The second kappa shape index (κ2) is 10.6. The van der Waals surface area contributed by atoms with E-state index in [2.05, 4.69) is 5.32 Å². The van der Waals surface area contributed by atoms with Crippen LogP contribution in [0.2, 0.25) is 0 Å². The molecule has 0 saturated heterocycles. The van der Waals surface area contributed by atoms with Crippen LogP contribution in [0.1, 0.15) is 42.3 Å². The third-order valence-corrected chi connectivity index (χ3v) is 4.50. The van der Waals surface area contributed by atoms with E-state index in [1.807, 2.05) is 0 Å². The fraction of sp³-hybridized carbons (Fsp3) is 0.409. The quantitative estimate of drug-likeness (QED) is 0.485. The van der Waals surface area contributed by atoms with Crippen molar-refractivity contribution in [1.82, 2.24) is 5.32 Å². The summed E-state index contributed by atoms with van der Waals surface area (Å²) >= 11 is 0. The number of carboxylic acid groups (broad SMARTS) is 1. The summed E-state index contributed by atoms with van der Waals surface area (Å²) in [4.78, 5) is 11.4. The third-order valence-electron chi connectivity index (χ3n) is 4.50. The predicted molar refractivity (Wildman–Crippen MR) is 108 cm³/mol. The molecule has 3 N–H and O–H groups in total. The van der Waals surface area contributed by atoms with Crippen LogP contribution in [0.25, 0.3) is 0 Å². The topological polar surface area (TPSA) is 88.0 Å².